The molecule has 0 spiro atoms. The highest BCUT2D eigenvalue weighted by atomic mass is 16.5. The monoisotopic (exact) mass is 341 g/mol. The van der Waals surface area contributed by atoms with E-state index in [1.54, 1.807) is 0 Å². The Morgan fingerprint density at radius 2 is 1.92 bits per heavy atom. The molecule has 3 amide bonds. The number of ether oxygens (including phenoxy) is 1. The first kappa shape index (κ1) is 18.5. The van der Waals surface area contributed by atoms with Crippen LogP contribution in [0.4, 0.5) is 4.79 Å². The summed E-state index contributed by atoms with van der Waals surface area (Å²) in [6.45, 7) is 1.17. The molecule has 1 aliphatic heterocycles. The SMILES string of the molecule is O=C(NCCCC(=O)N1CCOC(C(=O)O)C1)NC1CCCCC1. The third-order valence-electron chi connectivity index (χ3n) is 4.49. The number of rotatable bonds is 6. The van der Waals surface area contributed by atoms with Crippen LogP contribution in [0.1, 0.15) is 44.9 Å². The summed E-state index contributed by atoms with van der Waals surface area (Å²) in [5.41, 5.74) is 0. The van der Waals surface area contributed by atoms with Gasteiger partial charge in [-0.05, 0) is 19.3 Å². The van der Waals surface area contributed by atoms with Crippen LogP contribution in [0.25, 0.3) is 0 Å². The smallest absolute Gasteiger partial charge is 0.334 e. The molecule has 0 aromatic carbocycles. The first-order valence-electron chi connectivity index (χ1n) is 8.73. The molecule has 24 heavy (non-hydrogen) atoms. The topological polar surface area (TPSA) is 108 Å². The summed E-state index contributed by atoms with van der Waals surface area (Å²) in [5, 5.41) is 14.7. The zero-order valence-corrected chi connectivity index (χ0v) is 14.0. The number of nitrogens with zero attached hydrogens (tertiary/aromatic N) is 1. The maximum absolute atomic E-state index is 12.1. The van der Waals surface area contributed by atoms with Crippen molar-refractivity contribution in [2.75, 3.05) is 26.2 Å². The van der Waals surface area contributed by atoms with E-state index in [9.17, 15) is 14.4 Å². The molecule has 1 aliphatic carbocycles. The van der Waals surface area contributed by atoms with E-state index < -0.39 is 12.1 Å². The third kappa shape index (κ3) is 5.99. The standard InChI is InChI=1S/C16H27N3O5/c20-14(19-9-10-24-13(11-19)15(21)22)7-4-8-17-16(23)18-12-5-2-1-3-6-12/h12-13H,1-11H2,(H,21,22)(H2,17,18,23). The van der Waals surface area contributed by atoms with E-state index in [0.29, 0.717) is 19.5 Å². The molecule has 136 valence electrons. The van der Waals surface area contributed by atoms with Gasteiger partial charge >= 0.3 is 12.0 Å². The Morgan fingerprint density at radius 1 is 1.17 bits per heavy atom. The quantitative estimate of drug-likeness (QED) is 0.617. The first-order valence-corrected chi connectivity index (χ1v) is 8.73. The van der Waals surface area contributed by atoms with Crippen LogP contribution in [0.3, 0.4) is 0 Å². The summed E-state index contributed by atoms with van der Waals surface area (Å²) in [6, 6.07) is 0.0911. The molecular formula is C16H27N3O5. The second-order valence-electron chi connectivity index (χ2n) is 6.38. The van der Waals surface area contributed by atoms with Gasteiger partial charge < -0.3 is 25.4 Å². The summed E-state index contributed by atoms with van der Waals surface area (Å²) in [7, 11) is 0. The molecular weight excluding hydrogens is 314 g/mol. The lowest BCUT2D eigenvalue weighted by molar-refractivity contribution is -0.159. The summed E-state index contributed by atoms with van der Waals surface area (Å²) < 4.78 is 5.09. The number of aliphatic carboxylic acids is 1. The van der Waals surface area contributed by atoms with E-state index in [2.05, 4.69) is 10.6 Å². The molecule has 0 aromatic rings. The largest absolute Gasteiger partial charge is 0.479 e. The molecule has 3 N–H and O–H groups in total. The number of carbonyl (C=O) groups excluding carboxylic acids is 2. The summed E-state index contributed by atoms with van der Waals surface area (Å²) in [5.74, 6) is -1.15. The second-order valence-corrected chi connectivity index (χ2v) is 6.38. The Balaban J connectivity index is 1.58. The normalized spacial score (nSPS) is 22.0. The number of urea groups is 1. The molecule has 1 saturated carbocycles. The lowest BCUT2D eigenvalue weighted by atomic mass is 9.96. The number of hydrogen-bond donors (Lipinski definition) is 3. The molecule has 0 aromatic heterocycles. The van der Waals surface area contributed by atoms with Crippen molar-refractivity contribution in [3.63, 3.8) is 0 Å². The fraction of sp³-hybridized carbons (Fsp3) is 0.812. The van der Waals surface area contributed by atoms with Gasteiger partial charge in [-0.25, -0.2) is 9.59 Å². The second kappa shape index (κ2) is 9.46. The third-order valence-corrected chi connectivity index (χ3v) is 4.49. The Labute approximate surface area is 141 Å². The summed E-state index contributed by atoms with van der Waals surface area (Å²) in [4.78, 5) is 36.3. The maximum atomic E-state index is 12.1. The van der Waals surface area contributed by atoms with E-state index >= 15 is 0 Å². The van der Waals surface area contributed by atoms with Gasteiger partial charge in [-0.1, -0.05) is 19.3 Å². The molecule has 8 nitrogen and oxygen atoms in total. The van der Waals surface area contributed by atoms with Crippen LogP contribution < -0.4 is 10.6 Å². The highest BCUT2D eigenvalue weighted by molar-refractivity contribution is 5.79. The van der Waals surface area contributed by atoms with Crippen LogP contribution in [0.15, 0.2) is 0 Å². The Kier molecular flexibility index (Phi) is 7.30. The fourth-order valence-corrected chi connectivity index (χ4v) is 3.11. The van der Waals surface area contributed by atoms with Crippen LogP contribution in [-0.2, 0) is 14.3 Å². The zero-order valence-electron chi connectivity index (χ0n) is 14.0. The van der Waals surface area contributed by atoms with E-state index in [1.807, 2.05) is 0 Å². The van der Waals surface area contributed by atoms with Crippen molar-refractivity contribution in [2.45, 2.75) is 57.1 Å². The molecule has 1 heterocycles. The molecule has 2 rings (SSSR count). The van der Waals surface area contributed by atoms with Gasteiger partial charge in [0.25, 0.3) is 0 Å². The Bertz CT molecular complexity index is 451. The van der Waals surface area contributed by atoms with Gasteiger partial charge in [0.1, 0.15) is 0 Å². The highest BCUT2D eigenvalue weighted by Crippen LogP contribution is 2.17. The Hall–Kier alpha value is -1.83. The first-order chi connectivity index (χ1) is 11.6. The Morgan fingerprint density at radius 3 is 2.62 bits per heavy atom. The average molecular weight is 341 g/mol. The predicted molar refractivity (Wildman–Crippen MR) is 86.6 cm³/mol. The zero-order chi connectivity index (χ0) is 17.4. The molecule has 2 aliphatic rings. The molecule has 1 atom stereocenters. The minimum atomic E-state index is -1.05. The number of morpholine rings is 1. The van der Waals surface area contributed by atoms with Gasteiger partial charge in [-0.3, -0.25) is 4.79 Å². The number of hydrogen-bond acceptors (Lipinski definition) is 4. The highest BCUT2D eigenvalue weighted by Gasteiger charge is 2.28. The van der Waals surface area contributed by atoms with Crippen molar-refractivity contribution in [1.82, 2.24) is 15.5 Å². The van der Waals surface area contributed by atoms with Gasteiger partial charge in [0.2, 0.25) is 5.91 Å². The number of nitrogens with one attached hydrogen (secondary N) is 2. The molecule has 1 saturated heterocycles. The number of amides is 3. The predicted octanol–water partition coefficient (Wildman–Crippen LogP) is 0.711. The van der Waals surface area contributed by atoms with Crippen LogP contribution in [0, 0.1) is 0 Å². The van der Waals surface area contributed by atoms with Crippen LogP contribution >= 0.6 is 0 Å². The minimum Gasteiger partial charge on any atom is -0.479 e. The van der Waals surface area contributed by atoms with Crippen molar-refractivity contribution < 1.29 is 24.2 Å². The van der Waals surface area contributed by atoms with E-state index in [0.717, 1.165) is 25.7 Å². The lowest BCUT2D eigenvalue weighted by Gasteiger charge is -2.31. The molecule has 1 unspecified atom stereocenters. The van der Waals surface area contributed by atoms with Crippen LogP contribution in [0.5, 0.6) is 0 Å². The number of carbonyl (C=O) groups is 3. The van der Waals surface area contributed by atoms with Crippen LogP contribution in [0.2, 0.25) is 0 Å². The lowest BCUT2D eigenvalue weighted by Crippen LogP contribution is -2.48. The van der Waals surface area contributed by atoms with Crippen molar-refractivity contribution in [1.29, 1.82) is 0 Å². The number of carboxylic acid groups (broad SMARTS) is 1. The fourth-order valence-electron chi connectivity index (χ4n) is 3.11. The van der Waals surface area contributed by atoms with Gasteiger partial charge in [0, 0.05) is 25.6 Å². The van der Waals surface area contributed by atoms with E-state index in [1.165, 1.54) is 11.3 Å². The van der Waals surface area contributed by atoms with Crippen molar-refractivity contribution in [2.24, 2.45) is 0 Å². The molecule has 2 fully saturated rings. The molecule has 0 radical (unpaired) electrons. The van der Waals surface area contributed by atoms with Crippen molar-refractivity contribution in [3.8, 4) is 0 Å². The van der Waals surface area contributed by atoms with Crippen molar-refractivity contribution in [3.05, 3.63) is 0 Å². The summed E-state index contributed by atoms with van der Waals surface area (Å²) >= 11 is 0. The van der Waals surface area contributed by atoms with E-state index in [-0.39, 0.29) is 37.6 Å². The van der Waals surface area contributed by atoms with Gasteiger partial charge in [-0.2, -0.15) is 0 Å². The maximum Gasteiger partial charge on any atom is 0.334 e. The minimum absolute atomic E-state index is 0.0871. The molecule has 8 heteroatoms. The van der Waals surface area contributed by atoms with E-state index in [4.69, 9.17) is 9.84 Å². The van der Waals surface area contributed by atoms with Crippen molar-refractivity contribution >= 4 is 17.9 Å². The average Bonchev–Trinajstić information content (AvgIpc) is 2.59. The summed E-state index contributed by atoms with van der Waals surface area (Å²) in [6.07, 6.45) is 5.52. The van der Waals surface area contributed by atoms with Gasteiger partial charge in [0.15, 0.2) is 6.10 Å². The van der Waals surface area contributed by atoms with Gasteiger partial charge in [0.05, 0.1) is 13.2 Å². The van der Waals surface area contributed by atoms with Gasteiger partial charge in [-0.15, -0.1) is 0 Å². The van der Waals surface area contributed by atoms with Crippen LogP contribution in [-0.4, -0.2) is 66.3 Å². The number of carboxylic acids is 1. The molecule has 0 bridgehead atoms.